The second kappa shape index (κ2) is 6.68. The highest BCUT2D eigenvalue weighted by Crippen LogP contribution is 2.26. The molecule has 1 atom stereocenters. The fourth-order valence-corrected chi connectivity index (χ4v) is 2.77. The van der Waals surface area contributed by atoms with E-state index in [0.717, 1.165) is 38.1 Å². The van der Waals surface area contributed by atoms with Crippen LogP contribution in [0.5, 0.6) is 0 Å². The molecule has 0 aliphatic carbocycles. The fraction of sp³-hybridized carbons (Fsp3) is 0.500. The summed E-state index contributed by atoms with van der Waals surface area (Å²) in [6.07, 6.45) is 5.37. The van der Waals surface area contributed by atoms with Crippen LogP contribution in [0, 0.1) is 0 Å². The Kier molecular flexibility index (Phi) is 4.46. The number of amides is 1. The lowest BCUT2D eigenvalue weighted by atomic mass is 9.97. The minimum absolute atomic E-state index is 0.0291. The van der Waals surface area contributed by atoms with Gasteiger partial charge in [-0.05, 0) is 31.4 Å². The number of likely N-dealkylation sites (tertiary alicyclic amines) is 1. The van der Waals surface area contributed by atoms with Gasteiger partial charge in [-0.15, -0.1) is 0 Å². The molecule has 22 heavy (non-hydrogen) atoms. The van der Waals surface area contributed by atoms with Crippen LogP contribution in [0.1, 0.15) is 54.3 Å². The highest BCUT2D eigenvalue weighted by atomic mass is 16.5. The normalized spacial score (nSPS) is 18.4. The van der Waals surface area contributed by atoms with Crippen molar-refractivity contribution in [3.63, 3.8) is 0 Å². The molecule has 116 valence electrons. The Morgan fingerprint density at radius 3 is 3.14 bits per heavy atom. The van der Waals surface area contributed by atoms with Crippen molar-refractivity contribution in [3.8, 4) is 0 Å². The number of carbonyl (C=O) groups is 1. The van der Waals surface area contributed by atoms with Crippen molar-refractivity contribution in [2.45, 2.75) is 38.5 Å². The van der Waals surface area contributed by atoms with Crippen LogP contribution < -0.4 is 0 Å². The van der Waals surface area contributed by atoms with Gasteiger partial charge in [0.15, 0.2) is 5.82 Å². The van der Waals surface area contributed by atoms with Crippen molar-refractivity contribution in [1.82, 2.24) is 20.0 Å². The fourth-order valence-electron chi connectivity index (χ4n) is 2.77. The summed E-state index contributed by atoms with van der Waals surface area (Å²) in [5, 5.41) is 4.01. The quantitative estimate of drug-likeness (QED) is 0.867. The van der Waals surface area contributed by atoms with Crippen LogP contribution in [0.2, 0.25) is 0 Å². The molecule has 3 heterocycles. The van der Waals surface area contributed by atoms with E-state index in [1.165, 1.54) is 0 Å². The maximum atomic E-state index is 12.5. The van der Waals surface area contributed by atoms with Gasteiger partial charge < -0.3 is 9.42 Å². The van der Waals surface area contributed by atoms with Crippen molar-refractivity contribution in [1.29, 1.82) is 0 Å². The van der Waals surface area contributed by atoms with Crippen LogP contribution in [-0.4, -0.2) is 39.0 Å². The number of carbonyl (C=O) groups excluding carboxylic acids is 1. The van der Waals surface area contributed by atoms with Crippen LogP contribution in [0.4, 0.5) is 0 Å². The molecule has 0 bridgehead atoms. The molecule has 0 N–H and O–H groups in total. The first kappa shape index (κ1) is 14.7. The second-order valence-electron chi connectivity index (χ2n) is 5.60. The molecule has 1 aliphatic heterocycles. The molecule has 1 saturated heterocycles. The van der Waals surface area contributed by atoms with Gasteiger partial charge in [0.2, 0.25) is 5.89 Å². The van der Waals surface area contributed by atoms with E-state index < -0.39 is 0 Å². The summed E-state index contributed by atoms with van der Waals surface area (Å²) in [5.74, 6) is 1.51. The number of hydrogen-bond donors (Lipinski definition) is 0. The zero-order valence-electron chi connectivity index (χ0n) is 12.7. The number of piperidine rings is 1. The average molecular weight is 300 g/mol. The summed E-state index contributed by atoms with van der Waals surface area (Å²) in [6, 6.07) is 5.39. The van der Waals surface area contributed by atoms with Crippen LogP contribution in [0.15, 0.2) is 28.9 Å². The Bertz CT molecular complexity index is 626. The Morgan fingerprint density at radius 2 is 2.36 bits per heavy atom. The standard InChI is InChI=1S/C16H20N4O2/c1-2-6-14-18-15(22-19-14)12-7-5-10-20(11-12)16(21)13-8-3-4-9-17-13/h3-4,8-9,12H,2,5-7,10-11H2,1H3/t12-/m0/s1. The van der Waals surface area contributed by atoms with Crippen LogP contribution in [0.3, 0.4) is 0 Å². The molecule has 0 unspecified atom stereocenters. The van der Waals surface area contributed by atoms with Crippen molar-refractivity contribution in [2.24, 2.45) is 0 Å². The Labute approximate surface area is 129 Å². The smallest absolute Gasteiger partial charge is 0.272 e. The van der Waals surface area contributed by atoms with Crippen LogP contribution >= 0.6 is 0 Å². The highest BCUT2D eigenvalue weighted by molar-refractivity contribution is 5.92. The number of hydrogen-bond acceptors (Lipinski definition) is 5. The molecule has 6 nitrogen and oxygen atoms in total. The summed E-state index contributed by atoms with van der Waals surface area (Å²) in [6.45, 7) is 3.45. The van der Waals surface area contributed by atoms with Crippen molar-refractivity contribution in [2.75, 3.05) is 13.1 Å². The Morgan fingerprint density at radius 1 is 1.45 bits per heavy atom. The van der Waals surface area contributed by atoms with Gasteiger partial charge in [-0.25, -0.2) is 0 Å². The van der Waals surface area contributed by atoms with Gasteiger partial charge in [0.1, 0.15) is 5.69 Å². The zero-order chi connectivity index (χ0) is 15.4. The molecule has 6 heteroatoms. The molecule has 0 aromatic carbocycles. The monoisotopic (exact) mass is 300 g/mol. The van der Waals surface area contributed by atoms with E-state index in [2.05, 4.69) is 22.0 Å². The maximum absolute atomic E-state index is 12.5. The molecular weight excluding hydrogens is 280 g/mol. The number of rotatable bonds is 4. The van der Waals surface area contributed by atoms with Gasteiger partial charge >= 0.3 is 0 Å². The van der Waals surface area contributed by atoms with Crippen molar-refractivity contribution in [3.05, 3.63) is 41.8 Å². The van der Waals surface area contributed by atoms with Gasteiger partial charge in [0.05, 0.1) is 5.92 Å². The first-order valence-corrected chi connectivity index (χ1v) is 7.80. The van der Waals surface area contributed by atoms with E-state index in [4.69, 9.17) is 4.52 Å². The third-order valence-electron chi connectivity index (χ3n) is 3.90. The molecule has 1 fully saturated rings. The summed E-state index contributed by atoms with van der Waals surface area (Å²) < 4.78 is 5.38. The highest BCUT2D eigenvalue weighted by Gasteiger charge is 2.29. The average Bonchev–Trinajstić information content (AvgIpc) is 3.04. The van der Waals surface area contributed by atoms with Crippen LogP contribution in [-0.2, 0) is 6.42 Å². The van der Waals surface area contributed by atoms with E-state index in [1.807, 2.05) is 17.0 Å². The third kappa shape index (κ3) is 3.16. The molecule has 2 aromatic heterocycles. The molecule has 1 aliphatic rings. The number of aryl methyl sites for hydroxylation is 1. The molecule has 0 saturated carbocycles. The number of pyridine rings is 1. The van der Waals surface area contributed by atoms with E-state index >= 15 is 0 Å². The lowest BCUT2D eigenvalue weighted by molar-refractivity contribution is 0.0689. The predicted octanol–water partition coefficient (Wildman–Crippen LogP) is 2.44. The predicted molar refractivity (Wildman–Crippen MR) is 80.4 cm³/mol. The van der Waals surface area contributed by atoms with Gasteiger partial charge in [-0.3, -0.25) is 9.78 Å². The summed E-state index contributed by atoms with van der Waals surface area (Å²) in [5.41, 5.74) is 0.486. The van der Waals surface area contributed by atoms with E-state index in [-0.39, 0.29) is 11.8 Å². The second-order valence-corrected chi connectivity index (χ2v) is 5.60. The van der Waals surface area contributed by atoms with Gasteiger partial charge in [0.25, 0.3) is 5.91 Å². The van der Waals surface area contributed by atoms with E-state index in [0.29, 0.717) is 18.1 Å². The SMILES string of the molecule is CCCc1noc([C@H]2CCCN(C(=O)c3ccccn3)C2)n1. The number of nitrogens with zero attached hydrogens (tertiary/aromatic N) is 4. The van der Waals surface area contributed by atoms with E-state index in [9.17, 15) is 4.79 Å². The first-order chi connectivity index (χ1) is 10.8. The summed E-state index contributed by atoms with van der Waals surface area (Å²) in [4.78, 5) is 22.9. The topological polar surface area (TPSA) is 72.1 Å². The Balaban J connectivity index is 1.69. The van der Waals surface area contributed by atoms with Crippen molar-refractivity contribution >= 4 is 5.91 Å². The Hall–Kier alpha value is -2.24. The summed E-state index contributed by atoms with van der Waals surface area (Å²) in [7, 11) is 0. The molecular formula is C16H20N4O2. The summed E-state index contributed by atoms with van der Waals surface area (Å²) >= 11 is 0. The largest absolute Gasteiger partial charge is 0.339 e. The van der Waals surface area contributed by atoms with Gasteiger partial charge in [0, 0.05) is 25.7 Å². The minimum Gasteiger partial charge on any atom is -0.339 e. The third-order valence-corrected chi connectivity index (χ3v) is 3.90. The molecule has 2 aromatic rings. The first-order valence-electron chi connectivity index (χ1n) is 7.80. The minimum atomic E-state index is -0.0291. The molecule has 3 rings (SSSR count). The van der Waals surface area contributed by atoms with Gasteiger partial charge in [-0.1, -0.05) is 18.1 Å². The van der Waals surface area contributed by atoms with Crippen LogP contribution in [0.25, 0.3) is 0 Å². The van der Waals surface area contributed by atoms with Gasteiger partial charge in [-0.2, -0.15) is 4.98 Å². The molecule has 0 radical (unpaired) electrons. The molecule has 0 spiro atoms. The molecule has 1 amide bonds. The zero-order valence-corrected chi connectivity index (χ0v) is 12.7. The number of aromatic nitrogens is 3. The lowest BCUT2D eigenvalue weighted by Crippen LogP contribution is -2.39. The van der Waals surface area contributed by atoms with E-state index in [1.54, 1.807) is 12.3 Å². The lowest BCUT2D eigenvalue weighted by Gasteiger charge is -2.30. The maximum Gasteiger partial charge on any atom is 0.272 e. The van der Waals surface area contributed by atoms with Crippen molar-refractivity contribution < 1.29 is 9.32 Å².